The highest BCUT2D eigenvalue weighted by molar-refractivity contribution is 5.78. The fourth-order valence-electron chi connectivity index (χ4n) is 1.96. The summed E-state index contributed by atoms with van der Waals surface area (Å²) in [7, 11) is 0. The Kier molecular flexibility index (Phi) is 5.91. The molecule has 104 valence electrons. The van der Waals surface area contributed by atoms with E-state index in [9.17, 15) is 9.59 Å². The first-order valence-corrected chi connectivity index (χ1v) is 6.37. The molecule has 18 heavy (non-hydrogen) atoms. The number of hydrogen-bond acceptors (Lipinski definition) is 4. The maximum atomic E-state index is 11.8. The Labute approximate surface area is 107 Å². The molecule has 1 aliphatic heterocycles. The second kappa shape index (κ2) is 7.20. The number of carbonyl (C=O) groups excluding carboxylic acids is 2. The Morgan fingerprint density at radius 3 is 2.50 bits per heavy atom. The van der Waals surface area contributed by atoms with Crippen molar-refractivity contribution < 1.29 is 19.4 Å². The van der Waals surface area contributed by atoms with Gasteiger partial charge in [-0.05, 0) is 12.8 Å². The lowest BCUT2D eigenvalue weighted by Crippen LogP contribution is -2.47. The van der Waals surface area contributed by atoms with E-state index < -0.39 is 6.09 Å². The maximum Gasteiger partial charge on any atom is 0.407 e. The molecule has 2 N–H and O–H groups in total. The topological polar surface area (TPSA) is 78.9 Å². The molecule has 1 heterocycles. The molecule has 0 aliphatic carbocycles. The zero-order valence-electron chi connectivity index (χ0n) is 11.0. The van der Waals surface area contributed by atoms with Crippen LogP contribution in [0.2, 0.25) is 0 Å². The van der Waals surface area contributed by atoms with E-state index in [4.69, 9.17) is 9.84 Å². The van der Waals surface area contributed by atoms with Crippen molar-refractivity contribution in [1.29, 1.82) is 0 Å². The number of piperidine rings is 1. The van der Waals surface area contributed by atoms with Gasteiger partial charge in [-0.2, -0.15) is 0 Å². The lowest BCUT2D eigenvalue weighted by molar-refractivity contribution is -0.135. The van der Waals surface area contributed by atoms with Crippen molar-refractivity contribution in [2.45, 2.75) is 32.7 Å². The zero-order chi connectivity index (χ0) is 13.5. The first kappa shape index (κ1) is 14.8. The van der Waals surface area contributed by atoms with Crippen LogP contribution in [-0.4, -0.2) is 54.4 Å². The highest BCUT2D eigenvalue weighted by Gasteiger charge is 2.25. The van der Waals surface area contributed by atoms with Crippen LogP contribution in [0, 0.1) is 5.92 Å². The highest BCUT2D eigenvalue weighted by atomic mass is 16.6. The van der Waals surface area contributed by atoms with Crippen molar-refractivity contribution in [3.05, 3.63) is 0 Å². The molecule has 0 saturated carbocycles. The number of likely N-dealkylation sites (tertiary alicyclic amines) is 1. The van der Waals surface area contributed by atoms with Gasteiger partial charge in [0, 0.05) is 25.0 Å². The summed E-state index contributed by atoms with van der Waals surface area (Å²) in [6.45, 7) is 4.95. The van der Waals surface area contributed by atoms with Gasteiger partial charge >= 0.3 is 6.09 Å². The lowest BCUT2D eigenvalue weighted by Gasteiger charge is -2.33. The third-order valence-electron chi connectivity index (χ3n) is 2.95. The minimum Gasteiger partial charge on any atom is -0.447 e. The molecule has 6 nitrogen and oxygen atoms in total. The number of hydrogen-bond donors (Lipinski definition) is 2. The Morgan fingerprint density at radius 1 is 1.39 bits per heavy atom. The number of aliphatic hydroxyl groups is 1. The van der Waals surface area contributed by atoms with Crippen LogP contribution in [0.4, 0.5) is 4.79 Å². The van der Waals surface area contributed by atoms with Crippen LogP contribution in [0.3, 0.4) is 0 Å². The summed E-state index contributed by atoms with van der Waals surface area (Å²) >= 11 is 0. The normalized spacial score (nSPS) is 16.8. The molecule has 2 amide bonds. The summed E-state index contributed by atoms with van der Waals surface area (Å²) < 4.78 is 4.73. The molecular weight excluding hydrogens is 236 g/mol. The molecule has 6 heteroatoms. The minimum atomic E-state index is -0.502. The van der Waals surface area contributed by atoms with Crippen LogP contribution in [0.5, 0.6) is 0 Å². The van der Waals surface area contributed by atoms with E-state index in [1.165, 1.54) is 0 Å². The average molecular weight is 258 g/mol. The van der Waals surface area contributed by atoms with Gasteiger partial charge in [-0.15, -0.1) is 0 Å². The summed E-state index contributed by atoms with van der Waals surface area (Å²) in [6.07, 6.45) is 0.983. The van der Waals surface area contributed by atoms with Crippen molar-refractivity contribution in [3.8, 4) is 0 Å². The predicted molar refractivity (Wildman–Crippen MR) is 66.0 cm³/mol. The number of nitrogens with one attached hydrogen (secondary N) is 1. The summed E-state index contributed by atoms with van der Waals surface area (Å²) in [4.78, 5) is 24.9. The molecular formula is C12H22N2O4. The number of ether oxygens (including phenoxy) is 1. The fourth-order valence-corrected chi connectivity index (χ4v) is 1.96. The van der Waals surface area contributed by atoms with Crippen molar-refractivity contribution in [2.75, 3.05) is 26.3 Å². The van der Waals surface area contributed by atoms with Crippen LogP contribution in [0.25, 0.3) is 0 Å². The number of rotatable bonds is 4. The predicted octanol–water partition coefficient (Wildman–Crippen LogP) is 0.352. The van der Waals surface area contributed by atoms with E-state index >= 15 is 0 Å². The molecule has 0 aromatic carbocycles. The molecule has 1 rings (SSSR count). The van der Waals surface area contributed by atoms with Crippen molar-refractivity contribution in [1.82, 2.24) is 10.2 Å². The van der Waals surface area contributed by atoms with E-state index in [2.05, 4.69) is 5.32 Å². The molecule has 1 fully saturated rings. The van der Waals surface area contributed by atoms with Crippen LogP contribution in [0.15, 0.2) is 0 Å². The largest absolute Gasteiger partial charge is 0.447 e. The summed E-state index contributed by atoms with van der Waals surface area (Å²) in [6, 6.07) is 0.0485. The van der Waals surface area contributed by atoms with Gasteiger partial charge in [-0.1, -0.05) is 13.8 Å². The van der Waals surface area contributed by atoms with Crippen LogP contribution < -0.4 is 5.32 Å². The SMILES string of the molecule is CC(C)C(=O)N1CCC(NC(=O)OCCO)CC1. The molecule has 0 unspecified atom stereocenters. The van der Waals surface area contributed by atoms with Gasteiger partial charge in [0.05, 0.1) is 6.61 Å². The van der Waals surface area contributed by atoms with E-state index in [0.717, 1.165) is 12.8 Å². The van der Waals surface area contributed by atoms with Gasteiger partial charge in [0.2, 0.25) is 5.91 Å². The van der Waals surface area contributed by atoms with E-state index in [0.29, 0.717) is 13.1 Å². The fraction of sp³-hybridized carbons (Fsp3) is 0.833. The quantitative estimate of drug-likeness (QED) is 0.762. The third-order valence-corrected chi connectivity index (χ3v) is 2.95. The Balaban J connectivity index is 2.27. The van der Waals surface area contributed by atoms with Crippen LogP contribution in [0.1, 0.15) is 26.7 Å². The number of alkyl carbamates (subject to hydrolysis) is 1. The highest BCUT2D eigenvalue weighted by Crippen LogP contribution is 2.13. The van der Waals surface area contributed by atoms with Crippen LogP contribution >= 0.6 is 0 Å². The maximum absolute atomic E-state index is 11.8. The smallest absolute Gasteiger partial charge is 0.407 e. The molecule has 0 bridgehead atoms. The first-order valence-electron chi connectivity index (χ1n) is 6.37. The van der Waals surface area contributed by atoms with Crippen molar-refractivity contribution in [2.24, 2.45) is 5.92 Å². The second-order valence-electron chi connectivity index (χ2n) is 4.76. The summed E-state index contributed by atoms with van der Waals surface area (Å²) in [5.41, 5.74) is 0. The first-order chi connectivity index (χ1) is 8.54. The number of aliphatic hydroxyl groups excluding tert-OH is 1. The molecule has 0 spiro atoms. The molecule has 0 atom stereocenters. The molecule has 0 aromatic rings. The second-order valence-corrected chi connectivity index (χ2v) is 4.76. The van der Waals surface area contributed by atoms with Gasteiger partial charge in [0.25, 0.3) is 0 Å². The van der Waals surface area contributed by atoms with E-state index in [-0.39, 0.29) is 31.1 Å². The Bertz CT molecular complexity index is 286. The van der Waals surface area contributed by atoms with Gasteiger partial charge in [-0.3, -0.25) is 4.79 Å². The summed E-state index contributed by atoms with van der Waals surface area (Å²) in [5, 5.41) is 11.3. The molecule has 1 aliphatic rings. The van der Waals surface area contributed by atoms with Crippen molar-refractivity contribution >= 4 is 12.0 Å². The number of amides is 2. The van der Waals surface area contributed by atoms with E-state index in [1.807, 2.05) is 18.7 Å². The number of nitrogens with zero attached hydrogens (tertiary/aromatic N) is 1. The van der Waals surface area contributed by atoms with Gasteiger partial charge in [0.15, 0.2) is 0 Å². The van der Waals surface area contributed by atoms with Gasteiger partial charge in [0.1, 0.15) is 6.61 Å². The minimum absolute atomic E-state index is 0.0104. The van der Waals surface area contributed by atoms with E-state index in [1.54, 1.807) is 0 Å². The average Bonchev–Trinajstić information content (AvgIpc) is 2.36. The van der Waals surface area contributed by atoms with Crippen molar-refractivity contribution in [3.63, 3.8) is 0 Å². The monoisotopic (exact) mass is 258 g/mol. The Morgan fingerprint density at radius 2 is 2.00 bits per heavy atom. The van der Waals surface area contributed by atoms with Crippen LogP contribution in [-0.2, 0) is 9.53 Å². The molecule has 0 radical (unpaired) electrons. The number of carbonyl (C=O) groups is 2. The van der Waals surface area contributed by atoms with Gasteiger partial charge in [-0.25, -0.2) is 4.79 Å². The lowest BCUT2D eigenvalue weighted by atomic mass is 10.0. The molecule has 0 aromatic heterocycles. The zero-order valence-corrected chi connectivity index (χ0v) is 11.0. The third kappa shape index (κ3) is 4.52. The summed E-state index contributed by atoms with van der Waals surface area (Å²) in [5.74, 6) is 0.181. The molecule has 1 saturated heterocycles. The standard InChI is InChI=1S/C12H22N2O4/c1-9(2)11(16)14-5-3-10(4-6-14)13-12(17)18-8-7-15/h9-10,15H,3-8H2,1-2H3,(H,13,17). The van der Waals surface area contributed by atoms with Gasteiger partial charge < -0.3 is 20.1 Å². The Hall–Kier alpha value is -1.30.